The number of phenols is 4. The summed E-state index contributed by atoms with van der Waals surface area (Å²) >= 11 is 0. The smallest absolute Gasteiger partial charge is 0.402 e. The summed E-state index contributed by atoms with van der Waals surface area (Å²) in [6.07, 6.45) is -22.3. The van der Waals surface area contributed by atoms with Crippen LogP contribution in [-0.4, -0.2) is 178 Å². The summed E-state index contributed by atoms with van der Waals surface area (Å²) in [6.45, 7) is -2.01. The highest BCUT2D eigenvalue weighted by Crippen LogP contribution is 2.43. The Labute approximate surface area is 355 Å². The van der Waals surface area contributed by atoms with Gasteiger partial charge in [0.05, 0.1) is 24.8 Å². The SMILES string of the molecule is O=C(/C=C/c1ccc(O)cc1)OCC1O[C@@H](Oc2cc3c(O[C@@H]4OC(CO)[C@@H](O)[C@H](O)C4O)cc(O)cc3[o+]c2-c2ccc(O)c(O)c2)[C@H](O[C@@H]2OC[C@@H](O)[C@H](O)C2O)C(O)[C@@H]1O. The zero-order valence-electron chi connectivity index (χ0n) is 32.6. The molecule has 1 aromatic heterocycles. The van der Waals surface area contributed by atoms with Crippen molar-refractivity contribution in [2.24, 2.45) is 0 Å². The van der Waals surface area contributed by atoms with Crippen molar-refractivity contribution in [1.29, 1.82) is 0 Å². The molecule has 0 spiro atoms. The van der Waals surface area contributed by atoms with Gasteiger partial charge in [0.1, 0.15) is 90.3 Å². The van der Waals surface area contributed by atoms with Crippen LogP contribution in [0.4, 0.5) is 0 Å². The monoisotopic (exact) mass is 889 g/mol. The molecule has 3 fully saturated rings. The molecule has 3 saturated heterocycles. The summed E-state index contributed by atoms with van der Waals surface area (Å²) in [7, 11) is 0. The highest BCUT2D eigenvalue weighted by molar-refractivity contribution is 5.89. The number of benzene rings is 3. The maximum atomic E-state index is 12.7. The predicted molar refractivity (Wildman–Crippen MR) is 207 cm³/mol. The van der Waals surface area contributed by atoms with Gasteiger partial charge in [0, 0.05) is 24.3 Å². The van der Waals surface area contributed by atoms with Crippen molar-refractivity contribution in [3.05, 3.63) is 72.3 Å². The minimum atomic E-state index is -2.00. The van der Waals surface area contributed by atoms with E-state index in [2.05, 4.69) is 0 Å². The van der Waals surface area contributed by atoms with Crippen LogP contribution in [0.1, 0.15) is 5.56 Å². The first-order valence-electron chi connectivity index (χ1n) is 19.3. The third kappa shape index (κ3) is 9.88. The summed E-state index contributed by atoms with van der Waals surface area (Å²) in [4.78, 5) is 12.7. The number of esters is 1. The van der Waals surface area contributed by atoms with E-state index in [4.69, 9.17) is 37.6 Å². The highest BCUT2D eigenvalue weighted by Gasteiger charge is 2.51. The van der Waals surface area contributed by atoms with Gasteiger partial charge in [-0.15, -0.1) is 0 Å². The number of phenolic OH excluding ortho intramolecular Hbond substituents is 4. The molecule has 63 heavy (non-hydrogen) atoms. The fourth-order valence-electron chi connectivity index (χ4n) is 6.94. The molecule has 4 heterocycles. The molecule has 0 amide bonds. The van der Waals surface area contributed by atoms with E-state index in [0.717, 1.165) is 30.3 Å². The quantitative estimate of drug-likeness (QED) is 0.0326. The number of fused-ring (bicyclic) bond motifs is 1. The molecule has 0 saturated carbocycles. The number of carbonyl (C=O) groups excluding carboxylic acids is 1. The molecule has 5 unspecified atom stereocenters. The lowest BCUT2D eigenvalue weighted by Crippen LogP contribution is -2.64. The molecule has 22 heteroatoms. The number of carbonyl (C=O) groups is 1. The standard InChI is InChI=1S/C41H44O22/c42-13-27-31(50)33(52)36(55)40(61-27)59-25-11-19(44)10-24-20(25)12-26(37(58-24)17-4-7-21(45)22(46)9-17)60-41-38(63-39-35(54)30(49)23(47)14-57-39)34(53)32(51)28(62-41)15-56-29(48)8-3-16-1-5-18(43)6-2-16/h1-12,23,27-28,30-36,38-42,47,49-55H,13-15H2,(H3-,43,44,45,46,48)/p+1/t23-,27?,28?,30+,31-,32-,33+,34?,35?,36?,38-,39+,40-,41-/m1/s1. The number of rotatable bonds is 12. The first-order chi connectivity index (χ1) is 30.0. The Morgan fingerprint density at radius 1 is 0.683 bits per heavy atom. The summed E-state index contributed by atoms with van der Waals surface area (Å²) in [5, 5.41) is 136. The van der Waals surface area contributed by atoms with Crippen LogP contribution in [0.3, 0.4) is 0 Å². The Hall–Kier alpha value is -5.44. The highest BCUT2D eigenvalue weighted by atomic mass is 16.8. The Morgan fingerprint density at radius 2 is 1.37 bits per heavy atom. The van der Waals surface area contributed by atoms with Gasteiger partial charge < -0.3 is 99.5 Å². The van der Waals surface area contributed by atoms with Gasteiger partial charge in [-0.25, -0.2) is 9.21 Å². The molecule has 3 aliphatic rings. The second-order valence-corrected chi connectivity index (χ2v) is 14.9. The van der Waals surface area contributed by atoms with Crippen LogP contribution >= 0.6 is 0 Å². The Morgan fingerprint density at radius 3 is 2.08 bits per heavy atom. The average molecular weight is 890 g/mol. The average Bonchev–Trinajstić information content (AvgIpc) is 3.26. The first kappa shape index (κ1) is 45.6. The van der Waals surface area contributed by atoms with E-state index in [-0.39, 0.29) is 39.5 Å². The number of hydrogen-bond donors (Lipinski definition) is 13. The van der Waals surface area contributed by atoms with E-state index in [0.29, 0.717) is 5.56 Å². The van der Waals surface area contributed by atoms with Gasteiger partial charge in [-0.05, 0) is 35.9 Å². The van der Waals surface area contributed by atoms with Crippen LogP contribution in [-0.2, 0) is 28.5 Å². The van der Waals surface area contributed by atoms with Crippen LogP contribution in [0.2, 0.25) is 0 Å². The van der Waals surface area contributed by atoms with Crippen LogP contribution in [0.15, 0.2) is 71.2 Å². The molecule has 340 valence electrons. The largest absolute Gasteiger partial charge is 0.508 e. The molecule has 14 atom stereocenters. The van der Waals surface area contributed by atoms with E-state index in [1.165, 1.54) is 42.5 Å². The predicted octanol–water partition coefficient (Wildman–Crippen LogP) is -1.71. The molecule has 4 aromatic rings. The molecule has 7 rings (SSSR count). The van der Waals surface area contributed by atoms with Crippen LogP contribution in [0, 0.1) is 0 Å². The van der Waals surface area contributed by atoms with Crippen LogP contribution < -0.4 is 9.47 Å². The third-order valence-electron chi connectivity index (χ3n) is 10.5. The van der Waals surface area contributed by atoms with Crippen molar-refractivity contribution in [3.8, 4) is 45.8 Å². The lowest BCUT2D eigenvalue weighted by atomic mass is 9.98. The summed E-state index contributed by atoms with van der Waals surface area (Å²) in [5.41, 5.74) is 0.390. The van der Waals surface area contributed by atoms with E-state index in [1.54, 1.807) is 0 Å². The first-order valence-corrected chi connectivity index (χ1v) is 19.3. The summed E-state index contributed by atoms with van der Waals surface area (Å²) < 4.78 is 46.4. The van der Waals surface area contributed by atoms with Gasteiger partial charge in [0.15, 0.2) is 23.9 Å². The molecule has 3 aliphatic heterocycles. The van der Waals surface area contributed by atoms with Crippen molar-refractivity contribution in [2.75, 3.05) is 19.8 Å². The number of aromatic hydroxyl groups is 4. The lowest BCUT2D eigenvalue weighted by molar-refractivity contribution is -0.345. The fourth-order valence-corrected chi connectivity index (χ4v) is 6.94. The number of aliphatic hydroxyl groups is 9. The zero-order valence-corrected chi connectivity index (χ0v) is 32.6. The van der Waals surface area contributed by atoms with Crippen molar-refractivity contribution >= 4 is 23.0 Å². The second kappa shape index (κ2) is 19.1. The third-order valence-corrected chi connectivity index (χ3v) is 10.5. The number of hydrogen-bond acceptors (Lipinski definition) is 21. The molecule has 3 aromatic carbocycles. The van der Waals surface area contributed by atoms with E-state index in [1.807, 2.05) is 0 Å². The van der Waals surface area contributed by atoms with Gasteiger partial charge in [-0.1, -0.05) is 12.1 Å². The van der Waals surface area contributed by atoms with Gasteiger partial charge in [-0.3, -0.25) is 0 Å². The maximum absolute atomic E-state index is 12.7. The summed E-state index contributed by atoms with van der Waals surface area (Å²) in [6, 6.07) is 12.7. The number of aliphatic hydroxyl groups excluding tert-OH is 9. The second-order valence-electron chi connectivity index (χ2n) is 14.9. The molecule has 13 N–H and O–H groups in total. The van der Waals surface area contributed by atoms with Crippen LogP contribution in [0.25, 0.3) is 28.4 Å². The Bertz CT molecular complexity index is 2250. The number of ether oxygens (including phenoxy) is 7. The molecule has 0 aliphatic carbocycles. The van der Waals surface area contributed by atoms with E-state index < -0.39 is 129 Å². The fraction of sp³-hybridized carbons (Fsp3) is 0.415. The molecule has 0 radical (unpaired) electrons. The van der Waals surface area contributed by atoms with Gasteiger partial charge >= 0.3 is 17.3 Å². The maximum Gasteiger partial charge on any atom is 0.402 e. The van der Waals surface area contributed by atoms with E-state index in [9.17, 15) is 71.2 Å². The van der Waals surface area contributed by atoms with Crippen LogP contribution in [0.5, 0.6) is 34.5 Å². The van der Waals surface area contributed by atoms with Crippen molar-refractivity contribution in [2.45, 2.75) is 86.0 Å². The Balaban J connectivity index is 1.26. The molecular formula is C41H45O22+. The lowest BCUT2D eigenvalue weighted by Gasteiger charge is -2.44. The van der Waals surface area contributed by atoms with Gasteiger partial charge in [0.25, 0.3) is 0 Å². The van der Waals surface area contributed by atoms with E-state index >= 15 is 0 Å². The van der Waals surface area contributed by atoms with Crippen molar-refractivity contribution in [1.82, 2.24) is 0 Å². The van der Waals surface area contributed by atoms with Crippen molar-refractivity contribution < 1.29 is 109 Å². The van der Waals surface area contributed by atoms with Gasteiger partial charge in [-0.2, -0.15) is 0 Å². The topological polar surface area (TPSA) is 356 Å². The van der Waals surface area contributed by atoms with Crippen molar-refractivity contribution in [3.63, 3.8) is 0 Å². The Kier molecular flexibility index (Phi) is 13.8. The summed E-state index contributed by atoms with van der Waals surface area (Å²) in [5.74, 6) is -3.43. The zero-order chi connectivity index (χ0) is 45.3. The molecule has 0 bridgehead atoms. The molecular weight excluding hydrogens is 844 g/mol. The normalized spacial score (nSPS) is 32.4. The minimum Gasteiger partial charge on any atom is -0.508 e. The minimum absolute atomic E-state index is 0.000881. The van der Waals surface area contributed by atoms with Gasteiger partial charge in [0.2, 0.25) is 18.3 Å². The molecule has 22 nitrogen and oxygen atoms in total.